The van der Waals surface area contributed by atoms with E-state index in [4.69, 9.17) is 0 Å². The number of aromatic nitrogens is 2. The second kappa shape index (κ2) is 2.53. The van der Waals surface area contributed by atoms with Gasteiger partial charge < -0.3 is 4.55 Å². The Hall–Kier alpha value is -0.480. The Kier molecular flexibility index (Phi) is 1.65. The van der Waals surface area contributed by atoms with Gasteiger partial charge in [-0.25, -0.2) is 4.68 Å². The van der Waals surface area contributed by atoms with Crippen molar-refractivity contribution in [2.45, 2.75) is 17.9 Å². The molecule has 11 heavy (non-hydrogen) atoms. The monoisotopic (exact) mass is 170 g/mol. The summed E-state index contributed by atoms with van der Waals surface area (Å²) >= 11 is -0.795. The Morgan fingerprint density at radius 3 is 3.27 bits per heavy atom. The number of rotatable bonds is 0. The normalized spacial score (nSPS) is 23.3. The molecule has 0 radical (unpaired) electrons. The lowest BCUT2D eigenvalue weighted by molar-refractivity contribution is 0.564. The van der Waals surface area contributed by atoms with Crippen molar-refractivity contribution < 1.29 is 4.55 Å². The molecule has 2 heterocycles. The van der Waals surface area contributed by atoms with E-state index in [9.17, 15) is 4.55 Å². The maximum Gasteiger partial charge on any atom is 0.245 e. The van der Waals surface area contributed by atoms with Crippen LogP contribution in [0.2, 0.25) is 0 Å². The van der Waals surface area contributed by atoms with Crippen LogP contribution < -0.4 is 0 Å². The van der Waals surface area contributed by atoms with Crippen molar-refractivity contribution in [1.82, 2.24) is 9.78 Å². The van der Waals surface area contributed by atoms with Crippen LogP contribution in [0.3, 0.4) is 0 Å². The van der Waals surface area contributed by atoms with E-state index >= 15 is 0 Å². The number of hydrogen-bond acceptors (Lipinski definition) is 2. The van der Waals surface area contributed by atoms with E-state index in [0.29, 0.717) is 0 Å². The highest BCUT2D eigenvalue weighted by atomic mass is 32.2. The summed E-state index contributed by atoms with van der Waals surface area (Å²) in [7, 11) is 1.85. The Morgan fingerprint density at radius 2 is 2.55 bits per heavy atom. The van der Waals surface area contributed by atoms with Gasteiger partial charge in [0, 0.05) is 23.8 Å². The molecule has 0 saturated carbocycles. The number of aryl methyl sites for hydroxylation is 2. The third-order valence-corrected chi connectivity index (χ3v) is 3.56. The van der Waals surface area contributed by atoms with Crippen LogP contribution in [-0.2, 0) is 24.6 Å². The minimum absolute atomic E-state index is 0.795. The first-order valence-electron chi connectivity index (χ1n) is 3.68. The third kappa shape index (κ3) is 1.06. The molecule has 0 amide bonds. The quantitative estimate of drug-likeness (QED) is 0.531. The predicted molar refractivity (Wildman–Crippen MR) is 42.8 cm³/mol. The molecular formula is C7H10N2OS. The van der Waals surface area contributed by atoms with Gasteiger partial charge in [-0.15, -0.1) is 0 Å². The zero-order valence-electron chi connectivity index (χ0n) is 6.41. The Balaban J connectivity index is 2.48. The fraction of sp³-hybridized carbons (Fsp3) is 0.571. The molecule has 1 aliphatic rings. The van der Waals surface area contributed by atoms with Gasteiger partial charge in [0.25, 0.3) is 0 Å². The van der Waals surface area contributed by atoms with Crippen molar-refractivity contribution in [3.63, 3.8) is 0 Å². The molecule has 0 N–H and O–H groups in total. The summed E-state index contributed by atoms with van der Waals surface area (Å²) in [6.45, 7) is 0. The molecule has 1 aromatic heterocycles. The van der Waals surface area contributed by atoms with Crippen molar-refractivity contribution in [2.75, 3.05) is 5.75 Å². The summed E-state index contributed by atoms with van der Waals surface area (Å²) < 4.78 is 13.1. The molecule has 1 aliphatic heterocycles. The van der Waals surface area contributed by atoms with Gasteiger partial charge in [-0.2, -0.15) is 5.10 Å². The van der Waals surface area contributed by atoms with E-state index < -0.39 is 11.2 Å². The summed E-state index contributed by atoms with van der Waals surface area (Å²) in [5.74, 6) is 0.798. The van der Waals surface area contributed by atoms with E-state index in [-0.39, 0.29) is 0 Å². The lowest BCUT2D eigenvalue weighted by atomic mass is 10.2. The molecule has 0 saturated heterocycles. The van der Waals surface area contributed by atoms with Crippen LogP contribution in [-0.4, -0.2) is 20.1 Å². The average Bonchev–Trinajstić information content (AvgIpc) is 2.34. The van der Waals surface area contributed by atoms with Gasteiger partial charge in [-0.1, -0.05) is 0 Å². The first kappa shape index (κ1) is 7.18. The summed E-state index contributed by atoms with van der Waals surface area (Å²) in [5, 5.41) is 5.00. The van der Waals surface area contributed by atoms with Crippen LogP contribution >= 0.6 is 0 Å². The highest BCUT2D eigenvalue weighted by molar-refractivity contribution is 7.91. The van der Waals surface area contributed by atoms with Gasteiger partial charge in [0.05, 0.1) is 6.20 Å². The summed E-state index contributed by atoms with van der Waals surface area (Å²) in [6.07, 6.45) is 3.90. The van der Waals surface area contributed by atoms with E-state index in [0.717, 1.165) is 29.2 Å². The predicted octanol–water partition coefficient (Wildman–Crippen LogP) is 0.474. The van der Waals surface area contributed by atoms with Gasteiger partial charge >= 0.3 is 0 Å². The molecule has 1 aromatic rings. The minimum atomic E-state index is -0.795. The van der Waals surface area contributed by atoms with Gasteiger partial charge in [-0.3, -0.25) is 0 Å². The number of fused-ring (bicyclic) bond motifs is 1. The fourth-order valence-corrected chi connectivity index (χ4v) is 2.82. The van der Waals surface area contributed by atoms with E-state index in [1.165, 1.54) is 0 Å². The Bertz CT molecular complexity index is 271. The minimum Gasteiger partial charge on any atom is -0.610 e. The molecule has 1 unspecified atom stereocenters. The maximum absolute atomic E-state index is 11.4. The molecule has 3 nitrogen and oxygen atoms in total. The number of hydrogen-bond donors (Lipinski definition) is 0. The highest BCUT2D eigenvalue weighted by Crippen LogP contribution is 2.23. The molecule has 0 aromatic carbocycles. The SMILES string of the molecule is Cn1ncc2c1[S+]([O-])CCC2. The van der Waals surface area contributed by atoms with Gasteiger partial charge in [0.2, 0.25) is 5.03 Å². The second-order valence-corrected chi connectivity index (χ2v) is 4.24. The standard InChI is InChI=1S/C7H10N2OS/c1-9-7-6(5-8-9)3-2-4-11(7)10/h5H,2-4H2,1H3. The zero-order valence-corrected chi connectivity index (χ0v) is 7.23. The van der Waals surface area contributed by atoms with Crippen LogP contribution in [0.4, 0.5) is 0 Å². The lowest BCUT2D eigenvalue weighted by Crippen LogP contribution is -2.18. The van der Waals surface area contributed by atoms with Crippen LogP contribution in [0.15, 0.2) is 11.2 Å². The third-order valence-electron chi connectivity index (χ3n) is 1.95. The zero-order chi connectivity index (χ0) is 7.84. The number of nitrogens with zero attached hydrogens (tertiary/aromatic N) is 2. The van der Waals surface area contributed by atoms with Gasteiger partial charge in [0.1, 0.15) is 5.75 Å². The van der Waals surface area contributed by atoms with Crippen molar-refractivity contribution in [3.05, 3.63) is 11.8 Å². The van der Waals surface area contributed by atoms with E-state index in [1.54, 1.807) is 4.68 Å². The second-order valence-electron chi connectivity index (χ2n) is 2.75. The van der Waals surface area contributed by atoms with Crippen LogP contribution in [0, 0.1) is 0 Å². The molecule has 0 spiro atoms. The maximum atomic E-state index is 11.4. The van der Waals surface area contributed by atoms with Crippen LogP contribution in [0.1, 0.15) is 12.0 Å². The molecule has 60 valence electrons. The van der Waals surface area contributed by atoms with E-state index in [2.05, 4.69) is 5.10 Å². The van der Waals surface area contributed by atoms with E-state index in [1.807, 2.05) is 13.2 Å². The molecule has 0 aliphatic carbocycles. The molecular weight excluding hydrogens is 160 g/mol. The molecule has 2 rings (SSSR count). The van der Waals surface area contributed by atoms with Crippen molar-refractivity contribution >= 4 is 11.2 Å². The van der Waals surface area contributed by atoms with Crippen LogP contribution in [0.5, 0.6) is 0 Å². The fourth-order valence-electron chi connectivity index (χ4n) is 1.43. The Labute approximate surface area is 68.6 Å². The van der Waals surface area contributed by atoms with Crippen molar-refractivity contribution in [3.8, 4) is 0 Å². The summed E-state index contributed by atoms with van der Waals surface area (Å²) in [6, 6.07) is 0. The average molecular weight is 170 g/mol. The topological polar surface area (TPSA) is 40.9 Å². The molecule has 0 bridgehead atoms. The summed E-state index contributed by atoms with van der Waals surface area (Å²) in [4.78, 5) is 0. The molecule has 0 fully saturated rings. The molecule has 1 atom stereocenters. The van der Waals surface area contributed by atoms with Crippen LogP contribution in [0.25, 0.3) is 0 Å². The van der Waals surface area contributed by atoms with Crippen molar-refractivity contribution in [2.24, 2.45) is 7.05 Å². The van der Waals surface area contributed by atoms with Crippen molar-refractivity contribution in [1.29, 1.82) is 0 Å². The first-order chi connectivity index (χ1) is 5.29. The largest absolute Gasteiger partial charge is 0.610 e. The van der Waals surface area contributed by atoms with Gasteiger partial charge in [0.15, 0.2) is 0 Å². The highest BCUT2D eigenvalue weighted by Gasteiger charge is 2.25. The smallest absolute Gasteiger partial charge is 0.245 e. The van der Waals surface area contributed by atoms with Gasteiger partial charge in [-0.05, 0) is 12.8 Å². The lowest BCUT2D eigenvalue weighted by Gasteiger charge is -2.15. The summed E-state index contributed by atoms with van der Waals surface area (Å²) in [5.41, 5.74) is 1.16. The Morgan fingerprint density at radius 1 is 1.73 bits per heavy atom. The molecule has 4 heteroatoms. The first-order valence-corrected chi connectivity index (χ1v) is 5.00.